The molecule has 0 heterocycles. The Kier molecular flexibility index (Phi) is 5.94. The summed E-state index contributed by atoms with van der Waals surface area (Å²) in [6.07, 6.45) is -0.317. The van der Waals surface area contributed by atoms with Crippen molar-refractivity contribution >= 4 is 11.9 Å². The minimum Gasteiger partial charge on any atom is -0.493 e. The first-order valence-corrected chi connectivity index (χ1v) is 7.44. The van der Waals surface area contributed by atoms with Crippen LogP contribution in [0, 0.1) is 5.82 Å². The summed E-state index contributed by atoms with van der Waals surface area (Å²) in [5.74, 6) is -1.12. The number of amides is 1. The first-order valence-electron chi connectivity index (χ1n) is 7.44. The van der Waals surface area contributed by atoms with Gasteiger partial charge in [0.2, 0.25) is 0 Å². The van der Waals surface area contributed by atoms with Crippen molar-refractivity contribution in [3.8, 4) is 11.5 Å². The van der Waals surface area contributed by atoms with E-state index < -0.39 is 23.7 Å². The summed E-state index contributed by atoms with van der Waals surface area (Å²) in [5, 5.41) is 11.8. The highest BCUT2D eigenvalue weighted by Gasteiger charge is 2.20. The largest absolute Gasteiger partial charge is 0.493 e. The molecule has 0 aromatic heterocycles. The van der Waals surface area contributed by atoms with Gasteiger partial charge in [-0.1, -0.05) is 6.07 Å². The number of hydrogen-bond acceptors (Lipinski definition) is 4. The number of carbonyl (C=O) groups is 2. The Bertz CT molecular complexity index is 761. The van der Waals surface area contributed by atoms with Gasteiger partial charge in [0.1, 0.15) is 5.82 Å². The van der Waals surface area contributed by atoms with Gasteiger partial charge in [-0.25, -0.2) is 4.39 Å². The van der Waals surface area contributed by atoms with Crippen LogP contribution in [0.4, 0.5) is 4.39 Å². The quantitative estimate of drug-likeness (QED) is 0.804. The Morgan fingerprint density at radius 2 is 1.72 bits per heavy atom. The maximum absolute atomic E-state index is 13.0. The van der Waals surface area contributed by atoms with Gasteiger partial charge in [0.25, 0.3) is 5.91 Å². The number of hydrogen-bond donors (Lipinski definition) is 2. The highest BCUT2D eigenvalue weighted by molar-refractivity contribution is 5.94. The van der Waals surface area contributed by atoms with Crippen molar-refractivity contribution in [2.24, 2.45) is 0 Å². The Morgan fingerprint density at radius 3 is 2.28 bits per heavy atom. The zero-order valence-corrected chi connectivity index (χ0v) is 13.8. The van der Waals surface area contributed by atoms with Crippen LogP contribution < -0.4 is 14.8 Å². The highest BCUT2D eigenvalue weighted by atomic mass is 19.1. The molecule has 0 aliphatic heterocycles. The lowest BCUT2D eigenvalue weighted by atomic mass is 10.0. The second kappa shape index (κ2) is 8.14. The summed E-state index contributed by atoms with van der Waals surface area (Å²) in [7, 11) is 2.95. The summed E-state index contributed by atoms with van der Waals surface area (Å²) in [4.78, 5) is 23.5. The molecule has 6 nitrogen and oxygen atoms in total. The Hall–Kier alpha value is -3.09. The van der Waals surface area contributed by atoms with Crippen molar-refractivity contribution in [2.75, 3.05) is 14.2 Å². The molecule has 1 amide bonds. The number of carbonyl (C=O) groups excluding carboxylic acids is 1. The van der Waals surface area contributed by atoms with E-state index in [2.05, 4.69) is 5.32 Å². The molecule has 0 aliphatic rings. The van der Waals surface area contributed by atoms with E-state index in [4.69, 9.17) is 14.6 Å². The van der Waals surface area contributed by atoms with Crippen molar-refractivity contribution in [3.05, 3.63) is 59.4 Å². The number of ether oxygens (including phenoxy) is 2. The number of aliphatic carboxylic acids is 1. The van der Waals surface area contributed by atoms with Crippen LogP contribution >= 0.6 is 0 Å². The molecule has 0 saturated heterocycles. The minimum atomic E-state index is -1.07. The number of nitrogens with one attached hydrogen (secondary N) is 1. The van der Waals surface area contributed by atoms with E-state index in [1.54, 1.807) is 18.2 Å². The van der Waals surface area contributed by atoms with E-state index in [1.807, 2.05) is 0 Å². The Labute approximate surface area is 144 Å². The third kappa shape index (κ3) is 4.69. The van der Waals surface area contributed by atoms with Crippen LogP contribution in [0.2, 0.25) is 0 Å². The Morgan fingerprint density at radius 1 is 1.08 bits per heavy atom. The average Bonchev–Trinajstić information content (AvgIpc) is 2.60. The van der Waals surface area contributed by atoms with E-state index in [-0.39, 0.29) is 12.0 Å². The normalized spacial score (nSPS) is 11.5. The lowest BCUT2D eigenvalue weighted by Gasteiger charge is -2.19. The summed E-state index contributed by atoms with van der Waals surface area (Å²) >= 11 is 0. The smallest absolute Gasteiger partial charge is 0.305 e. The molecular formula is C18H18FNO5. The molecule has 0 fully saturated rings. The standard InChI is InChI=1S/C18H18FNO5/c1-24-15-8-5-12(9-16(15)25-2)14(10-17(21)22)20-18(23)11-3-6-13(19)7-4-11/h3-9,14H,10H2,1-2H3,(H,20,23)(H,21,22)/t14-/m0/s1. The van der Waals surface area contributed by atoms with E-state index in [9.17, 15) is 14.0 Å². The van der Waals surface area contributed by atoms with Crippen LogP contribution in [-0.2, 0) is 4.79 Å². The van der Waals surface area contributed by atoms with Gasteiger partial charge >= 0.3 is 5.97 Å². The molecule has 7 heteroatoms. The van der Waals surface area contributed by atoms with E-state index in [0.29, 0.717) is 17.1 Å². The lowest BCUT2D eigenvalue weighted by molar-refractivity contribution is -0.137. The van der Waals surface area contributed by atoms with Gasteiger partial charge < -0.3 is 19.9 Å². The van der Waals surface area contributed by atoms with Gasteiger partial charge in [-0.3, -0.25) is 9.59 Å². The topological polar surface area (TPSA) is 84.9 Å². The van der Waals surface area contributed by atoms with E-state index in [0.717, 1.165) is 12.1 Å². The molecule has 2 aromatic rings. The van der Waals surface area contributed by atoms with Crippen LogP contribution in [0.5, 0.6) is 11.5 Å². The average molecular weight is 347 g/mol. The highest BCUT2D eigenvalue weighted by Crippen LogP contribution is 2.31. The first kappa shape index (κ1) is 18.3. The van der Waals surface area contributed by atoms with E-state index in [1.165, 1.54) is 26.4 Å². The fourth-order valence-electron chi connectivity index (χ4n) is 2.34. The monoisotopic (exact) mass is 347 g/mol. The molecule has 1 atom stereocenters. The third-order valence-electron chi connectivity index (χ3n) is 3.60. The van der Waals surface area contributed by atoms with Crippen molar-refractivity contribution in [1.82, 2.24) is 5.32 Å². The van der Waals surface area contributed by atoms with Gasteiger partial charge in [0.15, 0.2) is 11.5 Å². The molecule has 132 valence electrons. The van der Waals surface area contributed by atoms with Crippen molar-refractivity contribution in [1.29, 1.82) is 0 Å². The summed E-state index contributed by atoms with van der Waals surface area (Å²) in [6.45, 7) is 0. The molecule has 0 bridgehead atoms. The predicted octanol–water partition coefficient (Wildman–Crippen LogP) is 2.79. The molecule has 2 rings (SSSR count). The second-order valence-corrected chi connectivity index (χ2v) is 5.25. The van der Waals surface area contributed by atoms with Gasteiger partial charge in [-0.2, -0.15) is 0 Å². The first-order chi connectivity index (χ1) is 11.9. The zero-order valence-electron chi connectivity index (χ0n) is 13.8. The molecule has 2 aromatic carbocycles. The molecule has 25 heavy (non-hydrogen) atoms. The van der Waals surface area contributed by atoms with Crippen molar-refractivity contribution in [2.45, 2.75) is 12.5 Å². The maximum atomic E-state index is 13.0. The van der Waals surface area contributed by atoms with Gasteiger partial charge in [-0.05, 0) is 42.0 Å². The molecule has 0 unspecified atom stereocenters. The molecule has 0 spiro atoms. The number of benzene rings is 2. The fourth-order valence-corrected chi connectivity index (χ4v) is 2.34. The minimum absolute atomic E-state index is 0.234. The molecule has 0 aliphatic carbocycles. The number of rotatable bonds is 7. The van der Waals surface area contributed by atoms with Gasteiger partial charge in [0, 0.05) is 5.56 Å². The number of carboxylic acid groups (broad SMARTS) is 1. The van der Waals surface area contributed by atoms with Gasteiger partial charge in [-0.15, -0.1) is 0 Å². The summed E-state index contributed by atoms with van der Waals surface area (Å²) in [5.41, 5.74) is 0.785. The second-order valence-electron chi connectivity index (χ2n) is 5.25. The molecule has 0 radical (unpaired) electrons. The summed E-state index contributed by atoms with van der Waals surface area (Å²) < 4.78 is 23.3. The van der Waals surface area contributed by atoms with Crippen LogP contribution in [0.25, 0.3) is 0 Å². The summed E-state index contributed by atoms with van der Waals surface area (Å²) in [6, 6.07) is 9.10. The van der Waals surface area contributed by atoms with Crippen LogP contribution in [0.1, 0.15) is 28.4 Å². The van der Waals surface area contributed by atoms with Crippen molar-refractivity contribution < 1.29 is 28.6 Å². The maximum Gasteiger partial charge on any atom is 0.305 e. The van der Waals surface area contributed by atoms with Crippen LogP contribution in [-0.4, -0.2) is 31.2 Å². The fraction of sp³-hybridized carbons (Fsp3) is 0.222. The number of halogens is 1. The predicted molar refractivity (Wildman–Crippen MR) is 88.4 cm³/mol. The SMILES string of the molecule is COc1ccc([C@H](CC(=O)O)NC(=O)c2ccc(F)cc2)cc1OC. The van der Waals surface area contributed by atoms with E-state index >= 15 is 0 Å². The lowest BCUT2D eigenvalue weighted by Crippen LogP contribution is -2.30. The van der Waals surface area contributed by atoms with Crippen LogP contribution in [0.15, 0.2) is 42.5 Å². The third-order valence-corrected chi connectivity index (χ3v) is 3.60. The number of methoxy groups -OCH3 is 2. The zero-order chi connectivity index (χ0) is 18.4. The van der Waals surface area contributed by atoms with Crippen LogP contribution in [0.3, 0.4) is 0 Å². The van der Waals surface area contributed by atoms with Gasteiger partial charge in [0.05, 0.1) is 26.7 Å². The number of carboxylic acids is 1. The Balaban J connectivity index is 2.28. The molecule has 2 N–H and O–H groups in total. The van der Waals surface area contributed by atoms with Crippen molar-refractivity contribution in [3.63, 3.8) is 0 Å². The molecular weight excluding hydrogens is 329 g/mol. The molecule has 0 saturated carbocycles.